The van der Waals surface area contributed by atoms with Gasteiger partial charge in [-0.2, -0.15) is 9.49 Å². The van der Waals surface area contributed by atoms with Crippen molar-refractivity contribution in [2.24, 2.45) is 0 Å². The Balaban J connectivity index is 2.57. The molecule has 0 bridgehead atoms. The summed E-state index contributed by atoms with van der Waals surface area (Å²) in [4.78, 5) is 9.83. The van der Waals surface area contributed by atoms with Crippen LogP contribution in [0.2, 0.25) is 0 Å². The number of nitro benzene ring substituents is 1. The van der Waals surface area contributed by atoms with Gasteiger partial charge < -0.3 is 5.73 Å². The summed E-state index contributed by atoms with van der Waals surface area (Å²) < 4.78 is 14.6. The quantitative estimate of drug-likeness (QED) is 0.636. The molecular formula is C10H9FN4O2. The highest BCUT2D eigenvalue weighted by atomic mass is 19.1. The molecule has 0 amide bonds. The number of rotatable bonds is 2. The number of aryl methyl sites for hydroxylation is 1. The lowest BCUT2D eigenvalue weighted by Gasteiger charge is -2.04. The highest BCUT2D eigenvalue weighted by Gasteiger charge is 2.16. The summed E-state index contributed by atoms with van der Waals surface area (Å²) in [5.74, 6) is -0.578. The average molecular weight is 236 g/mol. The first-order valence-electron chi connectivity index (χ1n) is 4.75. The van der Waals surface area contributed by atoms with Gasteiger partial charge >= 0.3 is 5.69 Å². The number of hydrogen-bond donors (Lipinski definition) is 1. The van der Waals surface area contributed by atoms with E-state index < -0.39 is 16.4 Å². The summed E-state index contributed by atoms with van der Waals surface area (Å²) in [5, 5.41) is 14.6. The lowest BCUT2D eigenvalue weighted by atomic mass is 10.2. The zero-order chi connectivity index (χ0) is 12.6. The predicted octanol–water partition coefficient (Wildman–Crippen LogP) is 1.81. The molecule has 0 aliphatic heterocycles. The molecule has 1 aromatic heterocycles. The minimum atomic E-state index is -0.878. The van der Waals surface area contributed by atoms with Crippen LogP contribution in [-0.4, -0.2) is 14.7 Å². The fourth-order valence-corrected chi connectivity index (χ4v) is 1.53. The van der Waals surface area contributed by atoms with Crippen LogP contribution in [0.25, 0.3) is 5.69 Å². The molecule has 0 radical (unpaired) electrons. The molecule has 1 heterocycles. The van der Waals surface area contributed by atoms with Gasteiger partial charge in [-0.15, -0.1) is 0 Å². The number of nitrogens with zero attached hydrogens (tertiary/aromatic N) is 3. The molecule has 0 saturated heterocycles. The first-order valence-corrected chi connectivity index (χ1v) is 4.75. The van der Waals surface area contributed by atoms with E-state index in [4.69, 9.17) is 5.73 Å². The molecular weight excluding hydrogens is 227 g/mol. The van der Waals surface area contributed by atoms with Crippen LogP contribution in [0.4, 0.5) is 15.9 Å². The van der Waals surface area contributed by atoms with Gasteiger partial charge in [0.15, 0.2) is 0 Å². The third kappa shape index (κ3) is 1.94. The Hall–Kier alpha value is -2.44. The van der Waals surface area contributed by atoms with Crippen LogP contribution < -0.4 is 5.73 Å². The third-order valence-electron chi connectivity index (χ3n) is 2.28. The van der Waals surface area contributed by atoms with Gasteiger partial charge in [0.1, 0.15) is 5.82 Å². The number of nitrogens with two attached hydrogens (primary N) is 1. The smallest absolute Gasteiger partial charge is 0.306 e. The summed E-state index contributed by atoms with van der Waals surface area (Å²) >= 11 is 0. The molecule has 0 saturated carbocycles. The highest BCUT2D eigenvalue weighted by Crippen LogP contribution is 2.22. The number of hydrogen-bond acceptors (Lipinski definition) is 4. The van der Waals surface area contributed by atoms with Gasteiger partial charge in [0.05, 0.1) is 10.6 Å². The molecule has 6 nitrogen and oxygen atoms in total. The highest BCUT2D eigenvalue weighted by molar-refractivity contribution is 5.46. The summed E-state index contributed by atoms with van der Waals surface area (Å²) in [6.45, 7) is 1.75. The minimum absolute atomic E-state index is 0.300. The van der Waals surface area contributed by atoms with Gasteiger partial charge in [-0.1, -0.05) is 0 Å². The van der Waals surface area contributed by atoms with Crippen LogP contribution in [0.1, 0.15) is 5.69 Å². The molecule has 0 spiro atoms. The van der Waals surface area contributed by atoms with Gasteiger partial charge in [0, 0.05) is 17.8 Å². The number of anilines is 1. The SMILES string of the molecule is Cc1cc(N)nn1-c1ccc(F)c([N+](=O)[O-])c1. The molecule has 0 fully saturated rings. The van der Waals surface area contributed by atoms with Crippen molar-refractivity contribution in [3.63, 3.8) is 0 Å². The van der Waals surface area contributed by atoms with Crippen molar-refractivity contribution in [3.05, 3.63) is 45.9 Å². The van der Waals surface area contributed by atoms with Crippen LogP contribution in [0.15, 0.2) is 24.3 Å². The maximum absolute atomic E-state index is 13.1. The van der Waals surface area contributed by atoms with E-state index in [1.54, 1.807) is 13.0 Å². The Kier molecular flexibility index (Phi) is 2.51. The van der Waals surface area contributed by atoms with Gasteiger partial charge in [-0.3, -0.25) is 10.1 Å². The topological polar surface area (TPSA) is 87.0 Å². The van der Waals surface area contributed by atoms with Gasteiger partial charge in [0.2, 0.25) is 5.82 Å². The summed E-state index contributed by atoms with van der Waals surface area (Å²) in [7, 11) is 0. The number of halogens is 1. The molecule has 17 heavy (non-hydrogen) atoms. The molecule has 7 heteroatoms. The molecule has 0 aliphatic carbocycles. The molecule has 1 aromatic carbocycles. The van der Waals surface area contributed by atoms with Crippen molar-refractivity contribution in [3.8, 4) is 5.69 Å². The maximum Gasteiger partial charge on any atom is 0.306 e. The second-order valence-corrected chi connectivity index (χ2v) is 3.52. The lowest BCUT2D eigenvalue weighted by Crippen LogP contribution is -2.01. The molecule has 0 unspecified atom stereocenters. The van der Waals surface area contributed by atoms with E-state index in [0.717, 1.165) is 12.1 Å². The number of nitrogen functional groups attached to an aromatic ring is 1. The second-order valence-electron chi connectivity index (χ2n) is 3.52. The molecule has 2 rings (SSSR count). The van der Waals surface area contributed by atoms with Crippen molar-refractivity contribution in [2.75, 3.05) is 5.73 Å². The predicted molar refractivity (Wildman–Crippen MR) is 59.3 cm³/mol. The Labute approximate surface area is 95.6 Å². The van der Waals surface area contributed by atoms with Crippen molar-refractivity contribution < 1.29 is 9.31 Å². The van der Waals surface area contributed by atoms with E-state index in [1.165, 1.54) is 10.7 Å². The van der Waals surface area contributed by atoms with Crippen molar-refractivity contribution >= 4 is 11.5 Å². The van der Waals surface area contributed by atoms with Crippen LogP contribution in [0, 0.1) is 22.9 Å². The Morgan fingerprint density at radius 3 is 2.71 bits per heavy atom. The van der Waals surface area contributed by atoms with Gasteiger partial charge in [-0.25, -0.2) is 4.68 Å². The number of nitro groups is 1. The maximum atomic E-state index is 13.1. The van der Waals surface area contributed by atoms with E-state index in [0.29, 0.717) is 17.2 Å². The van der Waals surface area contributed by atoms with Crippen LogP contribution >= 0.6 is 0 Å². The summed E-state index contributed by atoms with van der Waals surface area (Å²) in [6.07, 6.45) is 0. The van der Waals surface area contributed by atoms with Crippen molar-refractivity contribution in [1.29, 1.82) is 0 Å². The molecule has 88 valence electrons. The normalized spacial score (nSPS) is 10.5. The molecule has 2 aromatic rings. The van der Waals surface area contributed by atoms with Crippen LogP contribution in [0.3, 0.4) is 0 Å². The molecule has 2 N–H and O–H groups in total. The first kappa shape index (κ1) is 11.1. The van der Waals surface area contributed by atoms with Gasteiger partial charge in [-0.05, 0) is 19.1 Å². The molecule has 0 atom stereocenters. The van der Waals surface area contributed by atoms with E-state index >= 15 is 0 Å². The first-order chi connectivity index (χ1) is 7.99. The number of benzene rings is 1. The van der Waals surface area contributed by atoms with Crippen molar-refractivity contribution in [2.45, 2.75) is 6.92 Å². The zero-order valence-electron chi connectivity index (χ0n) is 8.92. The Morgan fingerprint density at radius 1 is 1.47 bits per heavy atom. The Morgan fingerprint density at radius 2 is 2.18 bits per heavy atom. The standard InChI is InChI=1S/C10H9FN4O2/c1-6-4-10(12)13-14(6)7-2-3-8(11)9(5-7)15(16)17/h2-5H,1H3,(H2,12,13). The molecule has 0 aliphatic rings. The fourth-order valence-electron chi connectivity index (χ4n) is 1.53. The third-order valence-corrected chi connectivity index (χ3v) is 2.28. The van der Waals surface area contributed by atoms with E-state index in [9.17, 15) is 14.5 Å². The Bertz CT molecular complexity index is 594. The second kappa shape index (κ2) is 3.85. The summed E-state index contributed by atoms with van der Waals surface area (Å²) in [5.41, 5.74) is 6.02. The van der Waals surface area contributed by atoms with E-state index in [2.05, 4.69) is 5.10 Å². The van der Waals surface area contributed by atoms with Crippen LogP contribution in [0.5, 0.6) is 0 Å². The van der Waals surface area contributed by atoms with Crippen LogP contribution in [-0.2, 0) is 0 Å². The van der Waals surface area contributed by atoms with E-state index in [-0.39, 0.29) is 0 Å². The monoisotopic (exact) mass is 236 g/mol. The largest absolute Gasteiger partial charge is 0.382 e. The average Bonchev–Trinajstić information content (AvgIpc) is 2.58. The summed E-state index contributed by atoms with van der Waals surface area (Å²) in [6, 6.07) is 5.18. The lowest BCUT2D eigenvalue weighted by molar-refractivity contribution is -0.387. The number of aromatic nitrogens is 2. The van der Waals surface area contributed by atoms with Gasteiger partial charge in [0.25, 0.3) is 0 Å². The minimum Gasteiger partial charge on any atom is -0.382 e. The zero-order valence-corrected chi connectivity index (χ0v) is 8.92. The van der Waals surface area contributed by atoms with E-state index in [1.807, 2.05) is 0 Å². The van der Waals surface area contributed by atoms with Crippen molar-refractivity contribution in [1.82, 2.24) is 9.78 Å². The fraction of sp³-hybridized carbons (Fsp3) is 0.100.